The molecule has 4 bridgehead atoms. The first-order valence-electron chi connectivity index (χ1n) is 9.30. The van der Waals surface area contributed by atoms with Crippen molar-refractivity contribution < 1.29 is 9.59 Å². The molecule has 1 heterocycles. The molecule has 5 rings (SSSR count). The average Bonchev–Trinajstić information content (AvgIpc) is 2.53. The van der Waals surface area contributed by atoms with E-state index < -0.39 is 0 Å². The quantitative estimate of drug-likeness (QED) is 0.835. The molecular formula is C18H30ClN3O2. The lowest BCUT2D eigenvalue weighted by molar-refractivity contribution is -0.158. The number of amides is 2. The molecule has 0 spiro atoms. The minimum atomic E-state index is -0.132. The summed E-state index contributed by atoms with van der Waals surface area (Å²) < 4.78 is 0. The number of likely N-dealkylation sites (N-methyl/N-ethyl adjacent to an activating group) is 1. The summed E-state index contributed by atoms with van der Waals surface area (Å²) >= 11 is 0. The number of nitrogens with one attached hydrogen (secondary N) is 1. The summed E-state index contributed by atoms with van der Waals surface area (Å²) in [4.78, 5) is 29.2. The second kappa shape index (κ2) is 6.83. The van der Waals surface area contributed by atoms with E-state index in [1.54, 1.807) is 4.90 Å². The van der Waals surface area contributed by atoms with Gasteiger partial charge in [-0.05, 0) is 56.3 Å². The molecule has 0 aromatic heterocycles. The summed E-state index contributed by atoms with van der Waals surface area (Å²) in [7, 11) is 1.83. The summed E-state index contributed by atoms with van der Waals surface area (Å²) in [6.07, 6.45) is 7.25. The Kier molecular flexibility index (Phi) is 5.12. The highest BCUT2D eigenvalue weighted by atomic mass is 35.5. The molecule has 5 nitrogen and oxygen atoms in total. The summed E-state index contributed by atoms with van der Waals surface area (Å²) in [6, 6.07) is 0. The van der Waals surface area contributed by atoms with Gasteiger partial charge >= 0.3 is 0 Å². The van der Waals surface area contributed by atoms with Gasteiger partial charge in [-0.3, -0.25) is 9.59 Å². The number of hydrogen-bond acceptors (Lipinski definition) is 3. The van der Waals surface area contributed by atoms with E-state index in [1.807, 2.05) is 11.9 Å². The molecule has 1 N–H and O–H groups in total. The highest BCUT2D eigenvalue weighted by molar-refractivity contribution is 5.88. The van der Waals surface area contributed by atoms with Crippen molar-refractivity contribution >= 4 is 24.2 Å². The SMILES string of the molecule is CN(CC(=O)N1CCNCC1)C(=O)C12CC3CC(CC(C3)C1)C2.Cl. The zero-order chi connectivity index (χ0) is 16.0. The molecule has 2 amide bonds. The molecule has 5 aliphatic rings. The van der Waals surface area contributed by atoms with Crippen molar-refractivity contribution in [3.8, 4) is 0 Å². The lowest BCUT2D eigenvalue weighted by atomic mass is 9.49. The van der Waals surface area contributed by atoms with Crippen LogP contribution < -0.4 is 5.32 Å². The maximum atomic E-state index is 13.2. The normalized spacial score (nSPS) is 37.0. The van der Waals surface area contributed by atoms with E-state index in [2.05, 4.69) is 5.32 Å². The van der Waals surface area contributed by atoms with Crippen LogP contribution >= 0.6 is 12.4 Å². The number of halogens is 1. The largest absolute Gasteiger partial charge is 0.339 e. The van der Waals surface area contributed by atoms with E-state index in [0.29, 0.717) is 0 Å². The molecule has 0 aromatic rings. The van der Waals surface area contributed by atoms with E-state index >= 15 is 0 Å². The third kappa shape index (κ3) is 3.17. The second-order valence-corrected chi connectivity index (χ2v) is 8.49. The summed E-state index contributed by atoms with van der Waals surface area (Å²) in [5, 5.41) is 3.26. The van der Waals surface area contributed by atoms with E-state index in [9.17, 15) is 9.59 Å². The van der Waals surface area contributed by atoms with Crippen molar-refractivity contribution in [1.82, 2.24) is 15.1 Å². The van der Waals surface area contributed by atoms with Crippen LogP contribution in [0.3, 0.4) is 0 Å². The van der Waals surface area contributed by atoms with Crippen LogP contribution in [0.1, 0.15) is 38.5 Å². The molecule has 0 unspecified atom stereocenters. The number of carbonyl (C=O) groups is 2. The molecule has 1 saturated heterocycles. The fraction of sp³-hybridized carbons (Fsp3) is 0.889. The molecule has 5 fully saturated rings. The molecule has 4 aliphatic carbocycles. The van der Waals surface area contributed by atoms with Gasteiger partial charge in [0.15, 0.2) is 0 Å². The third-order valence-electron chi connectivity index (χ3n) is 6.68. The van der Waals surface area contributed by atoms with Crippen LogP contribution in [-0.4, -0.2) is 61.4 Å². The minimum Gasteiger partial charge on any atom is -0.339 e. The number of carbonyl (C=O) groups excluding carboxylic acids is 2. The maximum Gasteiger partial charge on any atom is 0.242 e. The smallest absolute Gasteiger partial charge is 0.242 e. The van der Waals surface area contributed by atoms with Crippen LogP contribution in [0.5, 0.6) is 0 Å². The average molecular weight is 356 g/mol. The van der Waals surface area contributed by atoms with Crippen molar-refractivity contribution in [3.05, 3.63) is 0 Å². The van der Waals surface area contributed by atoms with Crippen molar-refractivity contribution in [2.45, 2.75) is 38.5 Å². The Morgan fingerprint density at radius 2 is 1.54 bits per heavy atom. The van der Waals surface area contributed by atoms with Crippen LogP contribution in [0.2, 0.25) is 0 Å². The van der Waals surface area contributed by atoms with Crippen LogP contribution in [0, 0.1) is 23.2 Å². The van der Waals surface area contributed by atoms with Crippen LogP contribution in [-0.2, 0) is 9.59 Å². The standard InChI is InChI=1S/C18H29N3O2.ClH/c1-20(12-16(22)21-4-2-19-3-5-21)17(23)18-9-13-6-14(10-18)8-15(7-13)11-18;/h13-15,19H,2-12H2,1H3;1H. The molecule has 24 heavy (non-hydrogen) atoms. The van der Waals surface area contributed by atoms with E-state index in [-0.39, 0.29) is 36.2 Å². The Bertz CT molecular complexity index is 469. The predicted molar refractivity (Wildman–Crippen MR) is 94.9 cm³/mol. The Labute approximate surface area is 150 Å². The summed E-state index contributed by atoms with van der Waals surface area (Å²) in [5.74, 6) is 2.65. The van der Waals surface area contributed by atoms with Gasteiger partial charge in [0.2, 0.25) is 11.8 Å². The lowest BCUT2D eigenvalue weighted by Crippen LogP contribution is -2.56. The van der Waals surface area contributed by atoms with Gasteiger partial charge in [-0.1, -0.05) is 0 Å². The van der Waals surface area contributed by atoms with Gasteiger partial charge in [0.25, 0.3) is 0 Å². The Balaban J connectivity index is 0.00000169. The zero-order valence-corrected chi connectivity index (χ0v) is 15.4. The van der Waals surface area contributed by atoms with Gasteiger partial charge in [-0.2, -0.15) is 0 Å². The Hall–Kier alpha value is -0.810. The van der Waals surface area contributed by atoms with Gasteiger partial charge < -0.3 is 15.1 Å². The minimum absolute atomic E-state index is 0. The molecule has 6 heteroatoms. The van der Waals surface area contributed by atoms with Gasteiger partial charge in [0.1, 0.15) is 0 Å². The maximum absolute atomic E-state index is 13.2. The van der Waals surface area contributed by atoms with Crippen molar-refractivity contribution in [2.24, 2.45) is 23.2 Å². The molecular weight excluding hydrogens is 326 g/mol. The van der Waals surface area contributed by atoms with Gasteiger partial charge in [-0.25, -0.2) is 0 Å². The van der Waals surface area contributed by atoms with Gasteiger partial charge in [0, 0.05) is 33.2 Å². The number of nitrogens with zero attached hydrogens (tertiary/aromatic N) is 2. The number of hydrogen-bond donors (Lipinski definition) is 1. The first-order chi connectivity index (χ1) is 11.1. The molecule has 0 aromatic carbocycles. The van der Waals surface area contributed by atoms with E-state index in [0.717, 1.165) is 63.2 Å². The highest BCUT2D eigenvalue weighted by Crippen LogP contribution is 2.60. The van der Waals surface area contributed by atoms with Gasteiger partial charge in [0.05, 0.1) is 12.0 Å². The Morgan fingerprint density at radius 3 is 2.04 bits per heavy atom. The first kappa shape index (κ1) is 18.0. The van der Waals surface area contributed by atoms with Crippen LogP contribution in [0.4, 0.5) is 0 Å². The molecule has 1 aliphatic heterocycles. The third-order valence-corrected chi connectivity index (χ3v) is 6.68. The fourth-order valence-electron chi connectivity index (χ4n) is 6.07. The molecule has 4 saturated carbocycles. The molecule has 0 radical (unpaired) electrons. The first-order valence-corrected chi connectivity index (χ1v) is 9.30. The van der Waals surface area contributed by atoms with Crippen molar-refractivity contribution in [3.63, 3.8) is 0 Å². The fourth-order valence-corrected chi connectivity index (χ4v) is 6.07. The predicted octanol–water partition coefficient (Wildman–Crippen LogP) is 1.51. The summed E-state index contributed by atoms with van der Waals surface area (Å²) in [6.45, 7) is 3.49. The lowest BCUT2D eigenvalue weighted by Gasteiger charge is -2.56. The topological polar surface area (TPSA) is 52.7 Å². The van der Waals surface area contributed by atoms with E-state index in [4.69, 9.17) is 0 Å². The zero-order valence-electron chi connectivity index (χ0n) is 14.6. The molecule has 0 atom stereocenters. The second-order valence-electron chi connectivity index (χ2n) is 8.49. The van der Waals surface area contributed by atoms with Crippen LogP contribution in [0.15, 0.2) is 0 Å². The van der Waals surface area contributed by atoms with E-state index in [1.165, 1.54) is 19.3 Å². The number of piperazine rings is 1. The van der Waals surface area contributed by atoms with Gasteiger partial charge in [-0.15, -0.1) is 12.4 Å². The molecule has 136 valence electrons. The highest BCUT2D eigenvalue weighted by Gasteiger charge is 2.55. The van der Waals surface area contributed by atoms with Crippen LogP contribution in [0.25, 0.3) is 0 Å². The monoisotopic (exact) mass is 355 g/mol. The Morgan fingerprint density at radius 1 is 1.04 bits per heavy atom. The van der Waals surface area contributed by atoms with Crippen molar-refractivity contribution in [1.29, 1.82) is 0 Å². The van der Waals surface area contributed by atoms with Crippen molar-refractivity contribution in [2.75, 3.05) is 39.8 Å². The number of rotatable bonds is 3. The summed E-state index contributed by atoms with van der Waals surface area (Å²) in [5.41, 5.74) is -0.132.